The number of halogens is 2. The minimum absolute atomic E-state index is 0.146. The fourth-order valence-electron chi connectivity index (χ4n) is 1.20. The third-order valence-corrected chi connectivity index (χ3v) is 3.39. The molecule has 0 spiro atoms. The summed E-state index contributed by atoms with van der Waals surface area (Å²) in [4.78, 5) is 22.4. The number of carbonyl (C=O) groups is 2. The summed E-state index contributed by atoms with van der Waals surface area (Å²) in [6, 6.07) is 3.74. The monoisotopic (exact) mass is 305 g/mol. The van der Waals surface area contributed by atoms with Crippen LogP contribution in [0.3, 0.4) is 0 Å². The Morgan fingerprint density at radius 1 is 1.47 bits per heavy atom. The van der Waals surface area contributed by atoms with Gasteiger partial charge in [-0.05, 0) is 18.2 Å². The summed E-state index contributed by atoms with van der Waals surface area (Å²) in [5.74, 6) is -0.351. The molecule has 1 aromatic carbocycles. The number of methoxy groups -OCH3 is 1. The zero-order valence-electron chi connectivity index (χ0n) is 10.2. The van der Waals surface area contributed by atoms with Gasteiger partial charge in [0.05, 0.1) is 30.0 Å². The van der Waals surface area contributed by atoms with Crippen molar-refractivity contribution in [3.05, 3.63) is 29.0 Å². The predicted molar refractivity (Wildman–Crippen MR) is 74.0 cm³/mol. The Hall–Kier alpha value is -1.27. The van der Waals surface area contributed by atoms with Crippen LogP contribution in [-0.4, -0.2) is 30.5 Å². The molecule has 104 valence electrons. The Kier molecular flexibility index (Phi) is 6.66. The van der Waals surface area contributed by atoms with Crippen LogP contribution in [0.15, 0.2) is 18.2 Å². The molecule has 0 unspecified atom stereocenters. The predicted octanol–water partition coefficient (Wildman–Crippen LogP) is 2.71. The van der Waals surface area contributed by atoms with Gasteiger partial charge in [-0.15, -0.1) is 0 Å². The van der Waals surface area contributed by atoms with Crippen LogP contribution >= 0.6 is 23.4 Å². The van der Waals surface area contributed by atoms with Crippen molar-refractivity contribution in [3.63, 3.8) is 0 Å². The summed E-state index contributed by atoms with van der Waals surface area (Å²) >= 11 is 7.08. The second-order valence-electron chi connectivity index (χ2n) is 3.55. The molecule has 0 aromatic heterocycles. The smallest absolute Gasteiger partial charge is 0.306 e. The molecule has 0 fully saturated rings. The van der Waals surface area contributed by atoms with Crippen LogP contribution < -0.4 is 5.32 Å². The van der Waals surface area contributed by atoms with Gasteiger partial charge in [-0.3, -0.25) is 9.59 Å². The lowest BCUT2D eigenvalue weighted by molar-refractivity contribution is -0.140. The highest BCUT2D eigenvalue weighted by molar-refractivity contribution is 7.99. The number of hydrogen-bond donors (Lipinski definition) is 1. The fraction of sp³-hybridized carbons (Fsp3) is 0.333. The second kappa shape index (κ2) is 8.01. The van der Waals surface area contributed by atoms with Gasteiger partial charge in [-0.2, -0.15) is 11.8 Å². The van der Waals surface area contributed by atoms with Crippen LogP contribution in [0.25, 0.3) is 0 Å². The van der Waals surface area contributed by atoms with E-state index in [1.807, 2.05) is 0 Å². The van der Waals surface area contributed by atoms with Gasteiger partial charge in [-0.1, -0.05) is 11.6 Å². The first-order chi connectivity index (χ1) is 9.02. The molecule has 4 nitrogen and oxygen atoms in total. The van der Waals surface area contributed by atoms with Gasteiger partial charge in [0.2, 0.25) is 5.91 Å². The summed E-state index contributed by atoms with van der Waals surface area (Å²) in [5, 5.41) is 2.71. The summed E-state index contributed by atoms with van der Waals surface area (Å²) in [6.45, 7) is 0. The molecule has 19 heavy (non-hydrogen) atoms. The van der Waals surface area contributed by atoms with Crippen molar-refractivity contribution in [1.29, 1.82) is 0 Å². The van der Waals surface area contributed by atoms with Gasteiger partial charge >= 0.3 is 5.97 Å². The van der Waals surface area contributed by atoms with Gasteiger partial charge < -0.3 is 10.1 Å². The lowest BCUT2D eigenvalue weighted by atomic mass is 10.3. The van der Waals surface area contributed by atoms with Crippen molar-refractivity contribution >= 4 is 40.9 Å². The summed E-state index contributed by atoms with van der Waals surface area (Å²) < 4.78 is 17.3. The number of nitrogens with one attached hydrogen (secondary N) is 1. The van der Waals surface area contributed by atoms with Gasteiger partial charge in [0.25, 0.3) is 0 Å². The van der Waals surface area contributed by atoms with Crippen LogP contribution in [0.4, 0.5) is 10.1 Å². The van der Waals surface area contributed by atoms with E-state index < -0.39 is 5.82 Å². The topological polar surface area (TPSA) is 55.4 Å². The molecule has 0 aliphatic rings. The van der Waals surface area contributed by atoms with Gasteiger partial charge in [-0.25, -0.2) is 4.39 Å². The van der Waals surface area contributed by atoms with E-state index in [1.165, 1.54) is 31.0 Å². The highest BCUT2D eigenvalue weighted by atomic mass is 35.5. The highest BCUT2D eigenvalue weighted by Gasteiger charge is 2.07. The Bertz CT molecular complexity index is 470. The summed E-state index contributed by atoms with van der Waals surface area (Å²) in [6.07, 6.45) is 0.256. The number of rotatable bonds is 6. The van der Waals surface area contributed by atoms with Crippen molar-refractivity contribution in [2.24, 2.45) is 0 Å². The Morgan fingerprint density at radius 3 is 2.84 bits per heavy atom. The molecular weight excluding hydrogens is 293 g/mol. The van der Waals surface area contributed by atoms with E-state index in [1.54, 1.807) is 0 Å². The largest absolute Gasteiger partial charge is 0.469 e. The maximum Gasteiger partial charge on any atom is 0.306 e. The molecule has 0 aliphatic heterocycles. The minimum Gasteiger partial charge on any atom is -0.469 e. The van der Waals surface area contributed by atoms with E-state index in [2.05, 4.69) is 10.1 Å². The number of benzene rings is 1. The number of ether oxygens (including phenoxy) is 1. The minimum atomic E-state index is -0.463. The van der Waals surface area contributed by atoms with Crippen molar-refractivity contribution < 1.29 is 18.7 Å². The first kappa shape index (κ1) is 15.8. The standard InChI is InChI=1S/C12H13ClFNO3S/c1-18-12(17)4-5-19-7-11(16)15-10-3-2-8(14)6-9(10)13/h2-3,6H,4-5,7H2,1H3,(H,15,16). The van der Waals surface area contributed by atoms with Crippen molar-refractivity contribution in [3.8, 4) is 0 Å². The molecule has 0 heterocycles. The molecule has 0 atom stereocenters. The number of carbonyl (C=O) groups excluding carboxylic acids is 2. The summed E-state index contributed by atoms with van der Waals surface area (Å²) in [7, 11) is 1.32. The second-order valence-corrected chi connectivity index (χ2v) is 5.06. The first-order valence-corrected chi connectivity index (χ1v) is 6.95. The molecule has 7 heteroatoms. The Morgan fingerprint density at radius 2 is 2.21 bits per heavy atom. The quantitative estimate of drug-likeness (QED) is 0.648. The molecule has 0 saturated heterocycles. The molecule has 0 bridgehead atoms. The van der Waals surface area contributed by atoms with Crippen LogP contribution in [0, 0.1) is 5.82 Å². The summed E-state index contributed by atoms with van der Waals surface area (Å²) in [5.41, 5.74) is 0.363. The van der Waals surface area contributed by atoms with Gasteiger partial charge in [0, 0.05) is 5.75 Å². The molecule has 0 saturated carbocycles. The third kappa shape index (κ3) is 5.94. The molecule has 0 aliphatic carbocycles. The van der Waals surface area contributed by atoms with Gasteiger partial charge in [0.15, 0.2) is 0 Å². The van der Waals surface area contributed by atoms with E-state index in [4.69, 9.17) is 11.6 Å². The normalized spacial score (nSPS) is 10.1. The number of esters is 1. The third-order valence-electron chi connectivity index (χ3n) is 2.12. The van der Waals surface area contributed by atoms with Gasteiger partial charge in [0.1, 0.15) is 5.82 Å². The zero-order chi connectivity index (χ0) is 14.3. The van der Waals surface area contributed by atoms with E-state index >= 15 is 0 Å². The van der Waals surface area contributed by atoms with E-state index in [0.717, 1.165) is 6.07 Å². The Balaban J connectivity index is 2.33. The molecule has 1 rings (SSSR count). The molecule has 1 amide bonds. The lowest BCUT2D eigenvalue weighted by Gasteiger charge is -2.07. The molecular formula is C12H13ClFNO3S. The maximum absolute atomic E-state index is 12.8. The average Bonchev–Trinajstić information content (AvgIpc) is 2.37. The van der Waals surface area contributed by atoms with Crippen molar-refractivity contribution in [1.82, 2.24) is 0 Å². The number of amides is 1. The number of anilines is 1. The Labute approximate surface area is 119 Å². The first-order valence-electron chi connectivity index (χ1n) is 5.42. The SMILES string of the molecule is COC(=O)CCSCC(=O)Nc1ccc(F)cc1Cl. The molecule has 1 aromatic rings. The lowest BCUT2D eigenvalue weighted by Crippen LogP contribution is -2.15. The maximum atomic E-state index is 12.8. The van der Waals surface area contributed by atoms with Crippen LogP contribution in [0.5, 0.6) is 0 Å². The molecule has 0 radical (unpaired) electrons. The van der Waals surface area contributed by atoms with E-state index in [9.17, 15) is 14.0 Å². The van der Waals surface area contributed by atoms with Crippen LogP contribution in [0.1, 0.15) is 6.42 Å². The molecule has 1 N–H and O–H groups in total. The van der Waals surface area contributed by atoms with Crippen molar-refractivity contribution in [2.45, 2.75) is 6.42 Å². The number of thioether (sulfide) groups is 1. The highest BCUT2D eigenvalue weighted by Crippen LogP contribution is 2.22. The van der Waals surface area contributed by atoms with Crippen LogP contribution in [-0.2, 0) is 14.3 Å². The fourth-order valence-corrected chi connectivity index (χ4v) is 2.13. The zero-order valence-corrected chi connectivity index (χ0v) is 11.8. The average molecular weight is 306 g/mol. The van der Waals surface area contributed by atoms with E-state index in [-0.39, 0.29) is 29.1 Å². The van der Waals surface area contributed by atoms with E-state index in [0.29, 0.717) is 11.4 Å². The van der Waals surface area contributed by atoms with Crippen molar-refractivity contribution in [2.75, 3.05) is 23.9 Å². The van der Waals surface area contributed by atoms with Crippen LogP contribution in [0.2, 0.25) is 5.02 Å². The number of hydrogen-bond acceptors (Lipinski definition) is 4.